The van der Waals surface area contributed by atoms with Gasteiger partial charge in [0.05, 0.1) is 17.4 Å². The van der Waals surface area contributed by atoms with Gasteiger partial charge in [0.25, 0.3) is 0 Å². The number of piperidine rings is 1. The SMILES string of the molecule is CCC[C@@]12[C@@H]3CCCN1C=CC(=O)[C@@H]2[C@@H]1C[C@H]3OC1=O. The van der Waals surface area contributed by atoms with Crippen LogP contribution in [0.3, 0.4) is 0 Å². The van der Waals surface area contributed by atoms with Gasteiger partial charge in [-0.05, 0) is 31.8 Å². The number of allylic oxidation sites excluding steroid dienone is 1. The molecule has 4 aliphatic rings. The molecule has 0 spiro atoms. The van der Waals surface area contributed by atoms with Crippen LogP contribution in [0.1, 0.15) is 39.0 Å². The highest BCUT2D eigenvalue weighted by Crippen LogP contribution is 2.57. The Morgan fingerprint density at radius 2 is 2.30 bits per heavy atom. The van der Waals surface area contributed by atoms with E-state index < -0.39 is 0 Å². The molecule has 2 bridgehead atoms. The van der Waals surface area contributed by atoms with Crippen LogP contribution in [0, 0.1) is 17.8 Å². The van der Waals surface area contributed by atoms with Crippen LogP contribution < -0.4 is 0 Å². The summed E-state index contributed by atoms with van der Waals surface area (Å²) >= 11 is 0. The molecule has 2 saturated heterocycles. The van der Waals surface area contributed by atoms with Crippen LogP contribution in [0.5, 0.6) is 0 Å². The Labute approximate surface area is 119 Å². The van der Waals surface area contributed by atoms with Gasteiger partial charge in [0.2, 0.25) is 0 Å². The van der Waals surface area contributed by atoms with Crippen LogP contribution >= 0.6 is 0 Å². The molecule has 3 heterocycles. The van der Waals surface area contributed by atoms with E-state index in [9.17, 15) is 9.59 Å². The normalized spacial score (nSPS) is 45.4. The zero-order valence-corrected chi connectivity index (χ0v) is 11.9. The van der Waals surface area contributed by atoms with Crippen molar-refractivity contribution in [2.24, 2.45) is 17.8 Å². The monoisotopic (exact) mass is 275 g/mol. The first-order valence-corrected chi connectivity index (χ1v) is 7.87. The third kappa shape index (κ3) is 1.32. The Morgan fingerprint density at radius 1 is 1.45 bits per heavy atom. The number of ether oxygens (including phenoxy) is 1. The van der Waals surface area contributed by atoms with Crippen molar-refractivity contribution in [2.75, 3.05) is 6.54 Å². The predicted molar refractivity (Wildman–Crippen MR) is 72.7 cm³/mol. The van der Waals surface area contributed by atoms with E-state index in [1.54, 1.807) is 6.08 Å². The summed E-state index contributed by atoms with van der Waals surface area (Å²) in [6.07, 6.45) is 8.70. The van der Waals surface area contributed by atoms with E-state index in [-0.39, 0.29) is 35.2 Å². The molecule has 0 radical (unpaired) electrons. The van der Waals surface area contributed by atoms with Crippen molar-refractivity contribution in [1.29, 1.82) is 0 Å². The smallest absolute Gasteiger partial charge is 0.310 e. The molecular weight excluding hydrogens is 254 g/mol. The summed E-state index contributed by atoms with van der Waals surface area (Å²) in [5.74, 6) is -0.0416. The summed E-state index contributed by atoms with van der Waals surface area (Å²) in [5, 5.41) is 0. The Morgan fingerprint density at radius 3 is 3.10 bits per heavy atom. The zero-order chi connectivity index (χ0) is 13.9. The van der Waals surface area contributed by atoms with Crippen molar-refractivity contribution in [3.63, 3.8) is 0 Å². The molecule has 0 aromatic carbocycles. The van der Waals surface area contributed by atoms with E-state index in [0.29, 0.717) is 5.92 Å². The molecule has 1 aliphatic carbocycles. The van der Waals surface area contributed by atoms with Crippen molar-refractivity contribution in [3.8, 4) is 0 Å². The lowest BCUT2D eigenvalue weighted by Gasteiger charge is -2.60. The van der Waals surface area contributed by atoms with E-state index in [0.717, 1.165) is 38.6 Å². The lowest BCUT2D eigenvalue weighted by atomic mass is 9.54. The van der Waals surface area contributed by atoms with Crippen LogP contribution in [0.2, 0.25) is 0 Å². The summed E-state index contributed by atoms with van der Waals surface area (Å²) in [6.45, 7) is 3.18. The first-order valence-electron chi connectivity index (χ1n) is 7.87. The molecular formula is C16H21NO3. The van der Waals surface area contributed by atoms with Gasteiger partial charge in [0.1, 0.15) is 6.10 Å². The van der Waals surface area contributed by atoms with E-state index in [4.69, 9.17) is 4.74 Å². The van der Waals surface area contributed by atoms with Gasteiger partial charge in [-0.3, -0.25) is 9.59 Å². The number of carbonyl (C=O) groups excluding carboxylic acids is 2. The minimum absolute atomic E-state index is 0.0393. The molecule has 0 N–H and O–H groups in total. The summed E-state index contributed by atoms with van der Waals surface area (Å²) in [6, 6.07) is 0. The Bertz CT molecular complexity index is 500. The van der Waals surface area contributed by atoms with Crippen molar-refractivity contribution in [3.05, 3.63) is 12.3 Å². The standard InChI is InChI=1S/C16H21NO3/c1-2-6-16-11-4-3-7-17(16)8-5-12(18)14(16)10-9-13(11)20-15(10)19/h5,8,10-11,13-14H,2-4,6-7,9H2,1H3/t10-,11+,13+,14-,16-/m0/s1. The largest absolute Gasteiger partial charge is 0.462 e. The van der Waals surface area contributed by atoms with E-state index in [1.807, 2.05) is 6.20 Å². The van der Waals surface area contributed by atoms with Gasteiger partial charge < -0.3 is 9.64 Å². The third-order valence-corrected chi connectivity index (χ3v) is 5.91. The lowest BCUT2D eigenvalue weighted by molar-refractivity contribution is -0.146. The second-order valence-electron chi connectivity index (χ2n) is 6.70. The molecule has 108 valence electrons. The minimum Gasteiger partial charge on any atom is -0.462 e. The first kappa shape index (κ1) is 12.4. The molecule has 4 nitrogen and oxygen atoms in total. The molecule has 4 rings (SSSR count). The van der Waals surface area contributed by atoms with E-state index in [2.05, 4.69) is 11.8 Å². The fourth-order valence-corrected chi connectivity index (χ4v) is 5.38. The summed E-state index contributed by atoms with van der Waals surface area (Å²) < 4.78 is 5.64. The van der Waals surface area contributed by atoms with Crippen molar-refractivity contribution in [2.45, 2.75) is 50.7 Å². The van der Waals surface area contributed by atoms with Crippen LogP contribution in [0.25, 0.3) is 0 Å². The van der Waals surface area contributed by atoms with Gasteiger partial charge >= 0.3 is 5.97 Å². The molecule has 0 amide bonds. The van der Waals surface area contributed by atoms with Crippen LogP contribution in [-0.4, -0.2) is 34.8 Å². The summed E-state index contributed by atoms with van der Waals surface area (Å²) in [4.78, 5) is 27.1. The molecule has 0 aromatic rings. The average Bonchev–Trinajstić information content (AvgIpc) is 2.75. The topological polar surface area (TPSA) is 46.6 Å². The van der Waals surface area contributed by atoms with E-state index in [1.165, 1.54) is 0 Å². The lowest BCUT2D eigenvalue weighted by Crippen LogP contribution is -2.68. The van der Waals surface area contributed by atoms with Gasteiger partial charge in [-0.15, -0.1) is 0 Å². The van der Waals surface area contributed by atoms with E-state index >= 15 is 0 Å². The third-order valence-electron chi connectivity index (χ3n) is 5.91. The number of fused-ring (bicyclic) bond motifs is 4. The maximum atomic E-state index is 12.6. The van der Waals surface area contributed by atoms with Gasteiger partial charge in [0, 0.05) is 18.7 Å². The van der Waals surface area contributed by atoms with Crippen LogP contribution in [0.15, 0.2) is 12.3 Å². The van der Waals surface area contributed by atoms with Crippen molar-refractivity contribution in [1.82, 2.24) is 4.90 Å². The summed E-state index contributed by atoms with van der Waals surface area (Å²) in [7, 11) is 0. The fraction of sp³-hybridized carbons (Fsp3) is 0.750. The molecule has 3 aliphatic heterocycles. The maximum absolute atomic E-state index is 12.6. The molecule has 5 atom stereocenters. The second-order valence-corrected chi connectivity index (χ2v) is 6.70. The fourth-order valence-electron chi connectivity index (χ4n) is 5.38. The molecule has 0 aromatic heterocycles. The molecule has 1 saturated carbocycles. The second kappa shape index (κ2) is 4.09. The highest BCUT2D eigenvalue weighted by molar-refractivity contribution is 5.97. The minimum atomic E-state index is -0.208. The Balaban J connectivity index is 1.89. The number of hydrogen-bond acceptors (Lipinski definition) is 4. The zero-order valence-electron chi connectivity index (χ0n) is 11.9. The first-order chi connectivity index (χ1) is 9.68. The van der Waals surface area contributed by atoms with Crippen LogP contribution in [0.4, 0.5) is 0 Å². The number of ketones is 1. The molecule has 20 heavy (non-hydrogen) atoms. The quantitative estimate of drug-likeness (QED) is 0.722. The number of hydrogen-bond donors (Lipinski definition) is 0. The number of esters is 1. The van der Waals surface area contributed by atoms with Gasteiger partial charge in [-0.2, -0.15) is 0 Å². The summed E-state index contributed by atoms with van der Waals surface area (Å²) in [5.41, 5.74) is -0.154. The Kier molecular flexibility index (Phi) is 2.54. The molecule has 0 unspecified atom stereocenters. The molecule has 3 fully saturated rings. The van der Waals surface area contributed by atoms with Crippen molar-refractivity contribution < 1.29 is 14.3 Å². The predicted octanol–water partition coefficient (Wildman–Crippen LogP) is 1.90. The highest BCUT2D eigenvalue weighted by atomic mass is 16.6. The number of nitrogens with zero attached hydrogens (tertiary/aromatic N) is 1. The number of carbonyl (C=O) groups is 2. The van der Waals surface area contributed by atoms with Gasteiger partial charge in [-0.1, -0.05) is 13.3 Å². The number of rotatable bonds is 2. The van der Waals surface area contributed by atoms with Crippen molar-refractivity contribution >= 4 is 11.8 Å². The van der Waals surface area contributed by atoms with Gasteiger partial charge in [0.15, 0.2) is 5.78 Å². The average molecular weight is 275 g/mol. The highest BCUT2D eigenvalue weighted by Gasteiger charge is 2.66. The van der Waals surface area contributed by atoms with Crippen LogP contribution in [-0.2, 0) is 14.3 Å². The maximum Gasteiger partial charge on any atom is 0.310 e. The Hall–Kier alpha value is -1.32. The van der Waals surface area contributed by atoms with Gasteiger partial charge in [-0.25, -0.2) is 0 Å². The molecule has 4 heteroatoms.